The lowest BCUT2D eigenvalue weighted by molar-refractivity contribution is -0.126. The molecule has 0 aromatic carbocycles. The van der Waals surface area contributed by atoms with Crippen LogP contribution in [0.25, 0.3) is 0 Å². The Morgan fingerprint density at radius 3 is 2.46 bits per heavy atom. The first-order valence-corrected chi connectivity index (χ1v) is 11.2. The zero-order valence-electron chi connectivity index (χ0n) is 15.2. The molecule has 1 atom stereocenters. The molecular formula is C17H33N3O3S. The predicted octanol–water partition coefficient (Wildman–Crippen LogP) is 1.43. The minimum absolute atomic E-state index is 0.0404. The fourth-order valence-corrected chi connectivity index (χ4v) is 4.78. The summed E-state index contributed by atoms with van der Waals surface area (Å²) in [5.74, 6) is 0.0511. The maximum atomic E-state index is 12.2. The molecule has 2 aliphatic rings. The lowest BCUT2D eigenvalue weighted by atomic mass is 9.97. The van der Waals surface area contributed by atoms with Crippen LogP contribution >= 0.6 is 0 Å². The normalized spacial score (nSPS) is 24.8. The van der Waals surface area contributed by atoms with E-state index >= 15 is 0 Å². The third kappa shape index (κ3) is 5.70. The van der Waals surface area contributed by atoms with Crippen LogP contribution in [0.4, 0.5) is 0 Å². The summed E-state index contributed by atoms with van der Waals surface area (Å²) < 4.78 is 24.5. The molecule has 6 nitrogen and oxygen atoms in total. The van der Waals surface area contributed by atoms with Crippen LogP contribution in [-0.4, -0.2) is 68.6 Å². The van der Waals surface area contributed by atoms with Crippen molar-refractivity contribution in [3.63, 3.8) is 0 Å². The van der Waals surface area contributed by atoms with Crippen molar-refractivity contribution in [3.05, 3.63) is 0 Å². The van der Waals surface area contributed by atoms with Gasteiger partial charge in [-0.2, -0.15) is 0 Å². The molecule has 1 N–H and O–H groups in total. The smallest absolute Gasteiger partial charge is 0.223 e. The molecule has 7 heteroatoms. The first kappa shape index (κ1) is 19.7. The molecule has 2 fully saturated rings. The van der Waals surface area contributed by atoms with E-state index in [2.05, 4.69) is 17.1 Å². The van der Waals surface area contributed by atoms with Crippen LogP contribution in [0, 0.1) is 5.92 Å². The highest BCUT2D eigenvalue weighted by atomic mass is 32.2. The summed E-state index contributed by atoms with van der Waals surface area (Å²) in [6, 6.07) is 0.717. The molecule has 0 saturated carbocycles. The predicted molar refractivity (Wildman–Crippen MR) is 96.3 cm³/mol. The molecule has 0 aromatic rings. The average molecular weight is 360 g/mol. The van der Waals surface area contributed by atoms with Gasteiger partial charge >= 0.3 is 0 Å². The lowest BCUT2D eigenvalue weighted by Crippen LogP contribution is -2.43. The van der Waals surface area contributed by atoms with E-state index in [9.17, 15) is 13.2 Å². The molecule has 1 unspecified atom stereocenters. The van der Waals surface area contributed by atoms with Gasteiger partial charge in [0.1, 0.15) is 0 Å². The topological polar surface area (TPSA) is 69.7 Å². The second-order valence-electron chi connectivity index (χ2n) is 7.17. The van der Waals surface area contributed by atoms with E-state index in [-0.39, 0.29) is 11.8 Å². The minimum atomic E-state index is -3.12. The molecule has 2 saturated heterocycles. The maximum Gasteiger partial charge on any atom is 0.223 e. The molecule has 2 aliphatic heterocycles. The van der Waals surface area contributed by atoms with Crippen LogP contribution in [0.15, 0.2) is 0 Å². The zero-order chi connectivity index (χ0) is 17.6. The molecule has 24 heavy (non-hydrogen) atoms. The molecule has 140 valence electrons. The highest BCUT2D eigenvalue weighted by Crippen LogP contribution is 2.20. The number of piperidine rings is 2. The van der Waals surface area contributed by atoms with Crippen molar-refractivity contribution in [1.29, 1.82) is 0 Å². The van der Waals surface area contributed by atoms with Gasteiger partial charge in [0.2, 0.25) is 15.9 Å². The Bertz CT molecular complexity index is 501. The Morgan fingerprint density at radius 2 is 1.83 bits per heavy atom. The second kappa shape index (κ2) is 9.15. The van der Waals surface area contributed by atoms with Gasteiger partial charge in [0.15, 0.2) is 0 Å². The third-order valence-electron chi connectivity index (χ3n) is 5.44. The lowest BCUT2D eigenvalue weighted by Gasteiger charge is -2.35. The van der Waals surface area contributed by atoms with Crippen molar-refractivity contribution in [1.82, 2.24) is 14.5 Å². The number of carbonyl (C=O) groups is 1. The van der Waals surface area contributed by atoms with Crippen molar-refractivity contribution in [2.24, 2.45) is 5.92 Å². The number of rotatable bonds is 7. The van der Waals surface area contributed by atoms with Crippen molar-refractivity contribution < 1.29 is 13.2 Å². The Hall–Kier alpha value is -0.660. The number of likely N-dealkylation sites (tertiary alicyclic amines) is 1. The van der Waals surface area contributed by atoms with Crippen LogP contribution in [0.1, 0.15) is 51.9 Å². The van der Waals surface area contributed by atoms with E-state index in [0.29, 0.717) is 25.9 Å². The zero-order valence-corrected chi connectivity index (χ0v) is 16.0. The Kier molecular flexibility index (Phi) is 7.50. The highest BCUT2D eigenvalue weighted by molar-refractivity contribution is 7.88. The summed E-state index contributed by atoms with van der Waals surface area (Å²) in [7, 11) is -3.12. The van der Waals surface area contributed by atoms with Gasteiger partial charge in [0.05, 0.1) is 6.26 Å². The van der Waals surface area contributed by atoms with Crippen molar-refractivity contribution in [2.75, 3.05) is 39.0 Å². The van der Waals surface area contributed by atoms with Gasteiger partial charge in [-0.3, -0.25) is 4.79 Å². The van der Waals surface area contributed by atoms with Crippen LogP contribution in [0.2, 0.25) is 0 Å². The quantitative estimate of drug-likeness (QED) is 0.698. The number of hydrogen-bond donors (Lipinski definition) is 1. The van der Waals surface area contributed by atoms with E-state index in [0.717, 1.165) is 25.6 Å². The summed E-state index contributed by atoms with van der Waals surface area (Å²) in [5.41, 5.74) is 0. The molecule has 0 radical (unpaired) electrons. The van der Waals surface area contributed by atoms with Gasteiger partial charge in [0.25, 0.3) is 0 Å². The maximum absolute atomic E-state index is 12.2. The summed E-state index contributed by atoms with van der Waals surface area (Å²) in [6.45, 7) is 6.15. The molecule has 0 aliphatic carbocycles. The number of hydrogen-bond acceptors (Lipinski definition) is 4. The first-order chi connectivity index (χ1) is 11.4. The first-order valence-electron chi connectivity index (χ1n) is 9.38. The Morgan fingerprint density at radius 1 is 1.12 bits per heavy atom. The number of nitrogens with zero attached hydrogens (tertiary/aromatic N) is 2. The van der Waals surface area contributed by atoms with Gasteiger partial charge in [-0.1, -0.05) is 13.3 Å². The summed E-state index contributed by atoms with van der Waals surface area (Å²) >= 11 is 0. The van der Waals surface area contributed by atoms with Crippen molar-refractivity contribution in [2.45, 2.75) is 57.9 Å². The molecular weight excluding hydrogens is 326 g/mol. The molecule has 0 spiro atoms. The van der Waals surface area contributed by atoms with Crippen LogP contribution in [0.5, 0.6) is 0 Å². The van der Waals surface area contributed by atoms with E-state index in [1.807, 2.05) is 0 Å². The Balaban J connectivity index is 1.63. The molecule has 0 bridgehead atoms. The highest BCUT2D eigenvalue weighted by Gasteiger charge is 2.28. The van der Waals surface area contributed by atoms with Crippen molar-refractivity contribution >= 4 is 15.9 Å². The summed E-state index contributed by atoms with van der Waals surface area (Å²) in [4.78, 5) is 14.8. The number of nitrogens with one attached hydrogen (secondary N) is 1. The van der Waals surface area contributed by atoms with Crippen LogP contribution < -0.4 is 5.32 Å². The average Bonchev–Trinajstić information content (AvgIpc) is 2.58. The van der Waals surface area contributed by atoms with E-state index in [1.54, 1.807) is 0 Å². The summed E-state index contributed by atoms with van der Waals surface area (Å²) in [6.07, 6.45) is 8.64. The Labute approximate surface area is 147 Å². The van der Waals surface area contributed by atoms with Gasteiger partial charge in [0, 0.05) is 38.1 Å². The standard InChI is InChI=1S/C17H33N3O3S/c1-3-16-7-4-5-11-19(16)12-6-10-18-17(21)15-8-13-20(14-9-15)24(2,22)23/h15-16H,3-14H2,1-2H3,(H,18,21). The van der Waals surface area contributed by atoms with E-state index < -0.39 is 10.0 Å². The van der Waals surface area contributed by atoms with Gasteiger partial charge in [-0.15, -0.1) is 0 Å². The molecule has 1 amide bonds. The van der Waals surface area contributed by atoms with Crippen LogP contribution in [0.3, 0.4) is 0 Å². The molecule has 2 heterocycles. The largest absolute Gasteiger partial charge is 0.356 e. The third-order valence-corrected chi connectivity index (χ3v) is 6.74. The fourth-order valence-electron chi connectivity index (χ4n) is 3.90. The fraction of sp³-hybridized carbons (Fsp3) is 0.941. The van der Waals surface area contributed by atoms with Crippen molar-refractivity contribution in [3.8, 4) is 0 Å². The van der Waals surface area contributed by atoms with Gasteiger partial charge < -0.3 is 10.2 Å². The number of carbonyl (C=O) groups excluding carboxylic acids is 1. The minimum Gasteiger partial charge on any atom is -0.356 e. The monoisotopic (exact) mass is 359 g/mol. The van der Waals surface area contributed by atoms with Gasteiger partial charge in [-0.25, -0.2) is 12.7 Å². The molecule has 0 aromatic heterocycles. The summed E-state index contributed by atoms with van der Waals surface area (Å²) in [5, 5.41) is 3.04. The second-order valence-corrected chi connectivity index (χ2v) is 9.16. The van der Waals surface area contributed by atoms with E-state index in [4.69, 9.17) is 0 Å². The van der Waals surface area contributed by atoms with E-state index in [1.165, 1.54) is 42.8 Å². The number of sulfonamides is 1. The van der Waals surface area contributed by atoms with Crippen LogP contribution in [-0.2, 0) is 14.8 Å². The molecule has 2 rings (SSSR count). The van der Waals surface area contributed by atoms with Gasteiger partial charge in [-0.05, 0) is 45.1 Å². The number of amides is 1. The SMILES string of the molecule is CCC1CCCCN1CCCNC(=O)C1CCN(S(C)(=O)=O)CC1.